The molecule has 0 unspecified atom stereocenters. The van der Waals surface area contributed by atoms with Crippen molar-refractivity contribution in [1.29, 1.82) is 0 Å². The van der Waals surface area contributed by atoms with E-state index in [1.165, 1.54) is 19.3 Å². The Morgan fingerprint density at radius 2 is 1.52 bits per heavy atom. The van der Waals surface area contributed by atoms with E-state index in [2.05, 4.69) is 0 Å². The summed E-state index contributed by atoms with van der Waals surface area (Å²) in [6.07, 6.45) is 5.24. The van der Waals surface area contributed by atoms with Gasteiger partial charge in [-0.2, -0.15) is 0 Å². The highest BCUT2D eigenvalue weighted by Crippen LogP contribution is 2.23. The Kier molecular flexibility index (Phi) is 6.28. The first-order chi connectivity index (χ1) is 13.1. The molecule has 27 heavy (non-hydrogen) atoms. The average Bonchev–Trinajstić information content (AvgIpc) is 2.74. The number of nitrogens with zero attached hydrogens (tertiary/aromatic N) is 1. The quantitative estimate of drug-likeness (QED) is 0.709. The molecule has 1 amide bonds. The van der Waals surface area contributed by atoms with E-state index in [0.717, 1.165) is 12.8 Å². The Balaban J connectivity index is 1.60. The molecule has 1 fully saturated rings. The van der Waals surface area contributed by atoms with Gasteiger partial charge in [-0.1, -0.05) is 49.6 Å². The Bertz CT molecular complexity index is 764. The number of carbonyl (C=O) groups is 2. The van der Waals surface area contributed by atoms with Gasteiger partial charge >= 0.3 is 0 Å². The van der Waals surface area contributed by atoms with E-state index < -0.39 is 6.10 Å². The van der Waals surface area contributed by atoms with Gasteiger partial charge in [0.05, 0.1) is 0 Å². The first-order valence-electron chi connectivity index (χ1n) is 9.69. The molecular formula is C23H27NO3. The van der Waals surface area contributed by atoms with Gasteiger partial charge in [-0.15, -0.1) is 0 Å². The molecule has 0 heterocycles. The van der Waals surface area contributed by atoms with Crippen LogP contribution in [0.1, 0.15) is 54.9 Å². The van der Waals surface area contributed by atoms with Gasteiger partial charge in [0.2, 0.25) is 0 Å². The number of carbonyl (C=O) groups excluding carboxylic acids is 2. The zero-order valence-corrected chi connectivity index (χ0v) is 16.1. The first-order valence-corrected chi connectivity index (χ1v) is 9.69. The van der Waals surface area contributed by atoms with Gasteiger partial charge in [0.25, 0.3) is 5.91 Å². The van der Waals surface area contributed by atoms with E-state index in [-0.39, 0.29) is 11.7 Å². The summed E-state index contributed by atoms with van der Waals surface area (Å²) < 4.78 is 5.83. The fourth-order valence-corrected chi connectivity index (χ4v) is 3.63. The molecule has 0 aromatic heterocycles. The zero-order valence-electron chi connectivity index (χ0n) is 16.1. The van der Waals surface area contributed by atoms with Gasteiger partial charge in [0.1, 0.15) is 5.75 Å². The van der Waals surface area contributed by atoms with Crippen molar-refractivity contribution >= 4 is 11.7 Å². The number of ketones is 1. The second-order valence-electron chi connectivity index (χ2n) is 7.22. The molecule has 0 bridgehead atoms. The molecule has 0 aliphatic heterocycles. The van der Waals surface area contributed by atoms with E-state index in [4.69, 9.17) is 4.74 Å². The third kappa shape index (κ3) is 4.76. The van der Waals surface area contributed by atoms with E-state index in [1.54, 1.807) is 43.3 Å². The minimum absolute atomic E-state index is 0.00587. The fraction of sp³-hybridized carbons (Fsp3) is 0.391. The predicted octanol–water partition coefficient (Wildman–Crippen LogP) is 4.48. The van der Waals surface area contributed by atoms with Crippen LogP contribution in [-0.4, -0.2) is 35.8 Å². The largest absolute Gasteiger partial charge is 0.481 e. The van der Waals surface area contributed by atoms with Crippen LogP contribution in [0.15, 0.2) is 54.6 Å². The lowest BCUT2D eigenvalue weighted by molar-refractivity contribution is -0.139. The topological polar surface area (TPSA) is 46.6 Å². The highest BCUT2D eigenvalue weighted by molar-refractivity contribution is 6.08. The molecule has 0 saturated heterocycles. The fourth-order valence-electron chi connectivity index (χ4n) is 3.63. The third-order valence-electron chi connectivity index (χ3n) is 5.28. The summed E-state index contributed by atoms with van der Waals surface area (Å²) >= 11 is 0. The summed E-state index contributed by atoms with van der Waals surface area (Å²) in [5.41, 5.74) is 1.26. The van der Waals surface area contributed by atoms with Crippen LogP contribution in [0.25, 0.3) is 0 Å². The van der Waals surface area contributed by atoms with Crippen LogP contribution in [0.4, 0.5) is 0 Å². The molecule has 4 nitrogen and oxygen atoms in total. The number of rotatable bonds is 6. The van der Waals surface area contributed by atoms with Crippen molar-refractivity contribution in [3.63, 3.8) is 0 Å². The average molecular weight is 365 g/mol. The molecule has 2 aromatic carbocycles. The van der Waals surface area contributed by atoms with Crippen molar-refractivity contribution in [2.45, 2.75) is 51.2 Å². The maximum absolute atomic E-state index is 12.7. The number of likely N-dealkylation sites (N-methyl/N-ethyl adjacent to an activating group) is 1. The summed E-state index contributed by atoms with van der Waals surface area (Å²) in [5, 5.41) is 0. The number of benzene rings is 2. The smallest absolute Gasteiger partial charge is 0.263 e. The van der Waals surface area contributed by atoms with E-state index in [9.17, 15) is 9.59 Å². The van der Waals surface area contributed by atoms with Crippen molar-refractivity contribution in [1.82, 2.24) is 4.90 Å². The maximum atomic E-state index is 12.7. The summed E-state index contributed by atoms with van der Waals surface area (Å²) in [5.74, 6) is 0.576. The van der Waals surface area contributed by atoms with Crippen molar-refractivity contribution in [3.05, 3.63) is 65.7 Å². The second kappa shape index (κ2) is 8.85. The molecule has 2 aromatic rings. The maximum Gasteiger partial charge on any atom is 0.263 e. The Hall–Kier alpha value is -2.62. The summed E-state index contributed by atoms with van der Waals surface area (Å²) in [4.78, 5) is 26.9. The van der Waals surface area contributed by atoms with Crippen molar-refractivity contribution < 1.29 is 14.3 Å². The van der Waals surface area contributed by atoms with Gasteiger partial charge < -0.3 is 9.64 Å². The molecule has 4 heteroatoms. The molecule has 3 rings (SSSR count). The molecule has 1 aliphatic rings. The van der Waals surface area contributed by atoms with Gasteiger partial charge in [-0.25, -0.2) is 0 Å². The molecule has 142 valence electrons. The molecule has 0 radical (unpaired) electrons. The van der Waals surface area contributed by atoms with Gasteiger partial charge in [-0.3, -0.25) is 9.59 Å². The molecule has 1 saturated carbocycles. The monoisotopic (exact) mass is 365 g/mol. The van der Waals surface area contributed by atoms with Crippen molar-refractivity contribution in [3.8, 4) is 5.75 Å². The van der Waals surface area contributed by atoms with Crippen LogP contribution < -0.4 is 4.74 Å². The number of hydrogen-bond donors (Lipinski definition) is 0. The minimum Gasteiger partial charge on any atom is -0.481 e. The summed E-state index contributed by atoms with van der Waals surface area (Å²) in [6, 6.07) is 16.5. The molecule has 0 N–H and O–H groups in total. The highest BCUT2D eigenvalue weighted by Gasteiger charge is 2.26. The van der Waals surface area contributed by atoms with Crippen molar-refractivity contribution in [2.24, 2.45) is 0 Å². The molecule has 0 spiro atoms. The van der Waals surface area contributed by atoms with Gasteiger partial charge in [0.15, 0.2) is 11.9 Å². The Labute approximate surface area is 161 Å². The second-order valence-corrected chi connectivity index (χ2v) is 7.22. The summed E-state index contributed by atoms with van der Waals surface area (Å²) in [6.45, 7) is 1.78. The first kappa shape index (κ1) is 19.2. The highest BCUT2D eigenvalue weighted by atomic mass is 16.5. The normalized spacial score (nSPS) is 15.8. The predicted molar refractivity (Wildman–Crippen MR) is 106 cm³/mol. The van der Waals surface area contributed by atoms with Crippen LogP contribution in [0.3, 0.4) is 0 Å². The van der Waals surface area contributed by atoms with Crippen LogP contribution in [0.2, 0.25) is 0 Å². The lowest BCUT2D eigenvalue weighted by Crippen LogP contribution is -2.44. The SMILES string of the molecule is C[C@@H](Oc1ccc(C(=O)c2ccccc2)cc1)C(=O)N(C)C1CCCCC1. The van der Waals surface area contributed by atoms with Crippen LogP contribution in [-0.2, 0) is 4.79 Å². The lowest BCUT2D eigenvalue weighted by atomic mass is 9.94. The molecular weight excluding hydrogens is 338 g/mol. The Morgan fingerprint density at radius 3 is 2.15 bits per heavy atom. The van der Waals surface area contributed by atoms with Gasteiger partial charge in [-0.05, 0) is 44.0 Å². The molecule has 1 atom stereocenters. The number of ether oxygens (including phenoxy) is 1. The summed E-state index contributed by atoms with van der Waals surface area (Å²) in [7, 11) is 1.87. The lowest BCUT2D eigenvalue weighted by Gasteiger charge is -2.32. The number of hydrogen-bond acceptors (Lipinski definition) is 3. The standard InChI is InChI=1S/C23H27NO3/c1-17(23(26)24(2)20-11-7-4-8-12-20)27-21-15-13-19(14-16-21)22(25)18-9-5-3-6-10-18/h3,5-6,9-10,13-17,20H,4,7-8,11-12H2,1-2H3/t17-/m1/s1. The Morgan fingerprint density at radius 1 is 0.926 bits per heavy atom. The van der Waals surface area contributed by atoms with Crippen LogP contribution in [0.5, 0.6) is 5.75 Å². The zero-order chi connectivity index (χ0) is 19.2. The molecule has 1 aliphatic carbocycles. The number of amides is 1. The van der Waals surface area contributed by atoms with Gasteiger partial charge in [0, 0.05) is 24.2 Å². The van der Waals surface area contributed by atoms with E-state index in [1.807, 2.05) is 30.1 Å². The van der Waals surface area contributed by atoms with Crippen LogP contribution >= 0.6 is 0 Å². The van der Waals surface area contributed by atoms with E-state index in [0.29, 0.717) is 22.9 Å². The van der Waals surface area contributed by atoms with Crippen molar-refractivity contribution in [2.75, 3.05) is 7.05 Å². The minimum atomic E-state index is -0.549. The third-order valence-corrected chi connectivity index (χ3v) is 5.28. The van der Waals surface area contributed by atoms with Crippen LogP contribution in [0, 0.1) is 0 Å². The van der Waals surface area contributed by atoms with E-state index >= 15 is 0 Å².